The van der Waals surface area contributed by atoms with Gasteiger partial charge in [-0.05, 0) is 43.7 Å². The minimum Gasteiger partial charge on any atom is -0.368 e. The van der Waals surface area contributed by atoms with Gasteiger partial charge in [-0.2, -0.15) is 0 Å². The van der Waals surface area contributed by atoms with Crippen molar-refractivity contribution in [3.63, 3.8) is 0 Å². The van der Waals surface area contributed by atoms with Crippen LogP contribution in [0, 0.1) is 0 Å². The third-order valence-electron chi connectivity index (χ3n) is 5.68. The van der Waals surface area contributed by atoms with E-state index in [1.54, 1.807) is 6.92 Å². The van der Waals surface area contributed by atoms with E-state index in [0.29, 0.717) is 42.2 Å². The Hall–Kier alpha value is -3.79. The Labute approximate surface area is 200 Å². The van der Waals surface area contributed by atoms with Gasteiger partial charge in [0, 0.05) is 61.5 Å². The first-order chi connectivity index (χ1) is 16.4. The summed E-state index contributed by atoms with van der Waals surface area (Å²) in [5.74, 6) is -0.231. The average Bonchev–Trinajstić information content (AvgIpc) is 3.30. The van der Waals surface area contributed by atoms with Gasteiger partial charge >= 0.3 is 0 Å². The number of thiazole rings is 1. The Bertz CT molecular complexity index is 1220. The number of aryl methyl sites for hydroxylation is 1. The summed E-state index contributed by atoms with van der Waals surface area (Å²) in [6.07, 6.45) is 2.20. The fourth-order valence-corrected chi connectivity index (χ4v) is 4.45. The topological polar surface area (TPSA) is 115 Å². The van der Waals surface area contributed by atoms with Gasteiger partial charge in [-0.3, -0.25) is 24.5 Å². The van der Waals surface area contributed by atoms with E-state index in [-0.39, 0.29) is 23.2 Å². The molecule has 2 amide bonds. The van der Waals surface area contributed by atoms with Gasteiger partial charge in [0.25, 0.3) is 5.91 Å². The van der Waals surface area contributed by atoms with Crippen molar-refractivity contribution in [3.05, 3.63) is 75.1 Å². The molecule has 2 aromatic heterocycles. The van der Waals surface area contributed by atoms with Crippen molar-refractivity contribution in [2.24, 2.45) is 0 Å². The molecule has 34 heavy (non-hydrogen) atoms. The Morgan fingerprint density at radius 3 is 2.38 bits per heavy atom. The highest BCUT2D eigenvalue weighted by molar-refractivity contribution is 7.14. The monoisotopic (exact) mass is 479 g/mol. The zero-order chi connectivity index (χ0) is 24.1. The normalized spacial score (nSPS) is 13.6. The molecule has 0 saturated carbocycles. The molecule has 1 saturated heterocycles. The third-order valence-corrected chi connectivity index (χ3v) is 6.49. The molecule has 1 aliphatic heterocycles. The molecule has 0 unspecified atom stereocenters. The van der Waals surface area contributed by atoms with Crippen LogP contribution in [0.25, 0.3) is 0 Å². The number of amides is 2. The number of ketones is 1. The number of carbonyl (C=O) groups excluding carboxylic acids is 3. The van der Waals surface area contributed by atoms with Gasteiger partial charge in [0.15, 0.2) is 10.9 Å². The Morgan fingerprint density at radius 1 is 1.03 bits per heavy atom. The second kappa shape index (κ2) is 10.4. The zero-order valence-electron chi connectivity index (χ0n) is 18.7. The summed E-state index contributed by atoms with van der Waals surface area (Å²) in [6.45, 7) is 4.32. The average molecular weight is 480 g/mol. The van der Waals surface area contributed by atoms with E-state index >= 15 is 0 Å². The number of nitrogens with zero attached hydrogens (tertiary/aromatic N) is 3. The van der Waals surface area contributed by atoms with Crippen LogP contribution in [0.1, 0.15) is 39.8 Å². The van der Waals surface area contributed by atoms with E-state index in [1.165, 1.54) is 29.7 Å². The molecule has 176 valence electrons. The van der Waals surface area contributed by atoms with Crippen LogP contribution in [0.5, 0.6) is 0 Å². The molecule has 10 heteroatoms. The Morgan fingerprint density at radius 2 is 1.74 bits per heavy atom. The van der Waals surface area contributed by atoms with Crippen molar-refractivity contribution in [2.75, 3.05) is 36.4 Å². The van der Waals surface area contributed by atoms with Gasteiger partial charge in [0.05, 0.1) is 11.3 Å². The van der Waals surface area contributed by atoms with Crippen molar-refractivity contribution in [3.8, 4) is 0 Å². The van der Waals surface area contributed by atoms with E-state index in [0.717, 1.165) is 24.5 Å². The number of pyridine rings is 1. The summed E-state index contributed by atoms with van der Waals surface area (Å²) in [7, 11) is 0. The molecular formula is C24H25N5O4S. The summed E-state index contributed by atoms with van der Waals surface area (Å²) in [5, 5.41) is 4.98. The molecule has 1 fully saturated rings. The molecule has 0 aliphatic carbocycles. The smallest absolute Gasteiger partial charge is 0.258 e. The summed E-state index contributed by atoms with van der Waals surface area (Å²) in [5.41, 5.74) is 2.55. The molecule has 0 radical (unpaired) electrons. The standard InChI is InChI=1S/C24H25N5O4S/c1-16(30)17-2-6-20(7-3-17)28-10-12-29(13-11-28)22(32)9-5-19-15-34-24(26-19)27-23(33)18-4-8-21(31)25-14-18/h2-4,6-8,14-15H,5,9-13H2,1H3,(H,25,31)(H,26,27,33). The van der Waals surface area contributed by atoms with Crippen LogP contribution in [-0.4, -0.2) is 58.6 Å². The van der Waals surface area contributed by atoms with Crippen molar-refractivity contribution < 1.29 is 14.4 Å². The first-order valence-electron chi connectivity index (χ1n) is 11.0. The lowest BCUT2D eigenvalue weighted by molar-refractivity contribution is -0.131. The summed E-state index contributed by atoms with van der Waals surface area (Å²) in [6, 6.07) is 10.3. The molecule has 1 aromatic carbocycles. The van der Waals surface area contributed by atoms with Crippen LogP contribution < -0.4 is 15.8 Å². The Kier molecular flexibility index (Phi) is 7.17. The molecule has 0 spiro atoms. The minimum absolute atomic E-state index is 0.0466. The molecule has 3 aromatic rings. The number of hydrogen-bond donors (Lipinski definition) is 2. The molecule has 0 bridgehead atoms. The van der Waals surface area contributed by atoms with E-state index in [9.17, 15) is 19.2 Å². The highest BCUT2D eigenvalue weighted by Crippen LogP contribution is 2.20. The molecule has 3 heterocycles. The van der Waals surface area contributed by atoms with Crippen LogP contribution in [-0.2, 0) is 11.2 Å². The van der Waals surface area contributed by atoms with Crippen LogP contribution in [0.3, 0.4) is 0 Å². The maximum Gasteiger partial charge on any atom is 0.258 e. The van der Waals surface area contributed by atoms with Gasteiger partial charge in [0.1, 0.15) is 0 Å². The summed E-state index contributed by atoms with van der Waals surface area (Å²) in [4.78, 5) is 58.4. The van der Waals surface area contributed by atoms with Gasteiger partial charge in [0.2, 0.25) is 11.5 Å². The number of H-pyrrole nitrogens is 1. The maximum absolute atomic E-state index is 12.7. The van der Waals surface area contributed by atoms with Crippen LogP contribution in [0.2, 0.25) is 0 Å². The largest absolute Gasteiger partial charge is 0.368 e. The predicted octanol–water partition coefficient (Wildman–Crippen LogP) is 2.57. The summed E-state index contributed by atoms with van der Waals surface area (Å²) >= 11 is 1.30. The number of aromatic nitrogens is 2. The number of nitrogens with one attached hydrogen (secondary N) is 2. The highest BCUT2D eigenvalue weighted by atomic mass is 32.1. The van der Waals surface area contributed by atoms with Gasteiger partial charge in [-0.25, -0.2) is 4.98 Å². The SMILES string of the molecule is CC(=O)c1ccc(N2CCN(C(=O)CCc3csc(NC(=O)c4ccc(=O)[nH]c4)n3)CC2)cc1. The minimum atomic E-state index is -0.359. The third kappa shape index (κ3) is 5.76. The van der Waals surface area contributed by atoms with Gasteiger partial charge in [-0.1, -0.05) is 0 Å². The van der Waals surface area contributed by atoms with E-state index in [2.05, 4.69) is 20.2 Å². The number of benzene rings is 1. The van der Waals surface area contributed by atoms with Gasteiger partial charge < -0.3 is 14.8 Å². The maximum atomic E-state index is 12.7. The van der Waals surface area contributed by atoms with Crippen LogP contribution in [0.15, 0.2) is 52.8 Å². The number of aromatic amines is 1. The first kappa shape index (κ1) is 23.4. The fraction of sp³-hybridized carbons (Fsp3) is 0.292. The number of Topliss-reactive ketones (excluding diaryl/α,β-unsaturated/α-hetero) is 1. The summed E-state index contributed by atoms with van der Waals surface area (Å²) < 4.78 is 0. The highest BCUT2D eigenvalue weighted by Gasteiger charge is 2.21. The lowest BCUT2D eigenvalue weighted by Gasteiger charge is -2.36. The van der Waals surface area contributed by atoms with E-state index in [1.807, 2.05) is 34.5 Å². The zero-order valence-corrected chi connectivity index (χ0v) is 19.6. The number of piperazine rings is 1. The molecule has 0 atom stereocenters. The number of hydrogen-bond acceptors (Lipinski definition) is 7. The van der Waals surface area contributed by atoms with Gasteiger partial charge in [-0.15, -0.1) is 11.3 Å². The molecule has 2 N–H and O–H groups in total. The molecule has 9 nitrogen and oxygen atoms in total. The van der Waals surface area contributed by atoms with Crippen molar-refractivity contribution in [1.29, 1.82) is 0 Å². The lowest BCUT2D eigenvalue weighted by Crippen LogP contribution is -2.48. The first-order valence-corrected chi connectivity index (χ1v) is 11.9. The molecular weight excluding hydrogens is 454 g/mol. The quantitative estimate of drug-likeness (QED) is 0.503. The fourth-order valence-electron chi connectivity index (χ4n) is 3.71. The number of carbonyl (C=O) groups is 3. The Balaban J connectivity index is 1.23. The lowest BCUT2D eigenvalue weighted by atomic mass is 10.1. The number of anilines is 2. The second-order valence-corrected chi connectivity index (χ2v) is 8.87. The van der Waals surface area contributed by atoms with Crippen molar-refractivity contribution in [1.82, 2.24) is 14.9 Å². The van der Waals surface area contributed by atoms with Crippen molar-refractivity contribution >= 4 is 39.8 Å². The van der Waals surface area contributed by atoms with Crippen LogP contribution in [0.4, 0.5) is 10.8 Å². The number of rotatable bonds is 7. The van der Waals surface area contributed by atoms with Crippen LogP contribution >= 0.6 is 11.3 Å². The molecule has 1 aliphatic rings. The second-order valence-electron chi connectivity index (χ2n) is 8.01. The van der Waals surface area contributed by atoms with E-state index in [4.69, 9.17) is 0 Å². The molecule has 4 rings (SSSR count). The predicted molar refractivity (Wildman–Crippen MR) is 131 cm³/mol. The van der Waals surface area contributed by atoms with E-state index < -0.39 is 0 Å². The van der Waals surface area contributed by atoms with Crippen molar-refractivity contribution in [2.45, 2.75) is 19.8 Å².